The van der Waals surface area contributed by atoms with Crippen molar-refractivity contribution in [3.8, 4) is 0 Å². The Morgan fingerprint density at radius 2 is 0.935 bits per heavy atom. The van der Waals surface area contributed by atoms with Crippen LogP contribution >= 0.6 is 0 Å². The highest BCUT2D eigenvalue weighted by Crippen LogP contribution is 2.40. The van der Waals surface area contributed by atoms with Gasteiger partial charge in [0.15, 0.2) is 11.6 Å². The first-order valence-corrected chi connectivity index (χ1v) is 16.1. The van der Waals surface area contributed by atoms with Crippen LogP contribution in [-0.2, 0) is 51.3 Å². The number of hydrogen-bond acceptors (Lipinski definition) is 8. The highest BCUT2D eigenvalue weighted by Gasteiger charge is 2.36. The Kier molecular flexibility index (Phi) is 14.6. The smallest absolute Gasteiger partial charge is 0.305 e. The molecular formula is C38H48O8. The zero-order valence-electron chi connectivity index (χ0n) is 27.7. The molecule has 0 heterocycles. The quantitative estimate of drug-likeness (QED) is 0.0882. The molecule has 0 unspecified atom stereocenters. The van der Waals surface area contributed by atoms with Crippen LogP contribution in [0.3, 0.4) is 0 Å². The van der Waals surface area contributed by atoms with Gasteiger partial charge in [0.1, 0.15) is 13.2 Å². The predicted octanol–water partition coefficient (Wildman–Crippen LogP) is 6.90. The molecule has 248 valence electrons. The summed E-state index contributed by atoms with van der Waals surface area (Å²) in [6.07, 6.45) is 5.47. The molecule has 0 saturated carbocycles. The van der Waals surface area contributed by atoms with Gasteiger partial charge in [0.05, 0.1) is 26.4 Å². The number of rotatable bonds is 20. The maximum Gasteiger partial charge on any atom is 0.305 e. The summed E-state index contributed by atoms with van der Waals surface area (Å²) in [4.78, 5) is 50.8. The Hall–Kier alpha value is -3.88. The van der Waals surface area contributed by atoms with E-state index in [9.17, 15) is 19.2 Å². The summed E-state index contributed by atoms with van der Waals surface area (Å²) in [6.45, 7) is 9.56. The lowest BCUT2D eigenvalue weighted by Gasteiger charge is -2.32. The highest BCUT2D eigenvalue weighted by atomic mass is 16.6. The number of allylic oxidation sites excluding steroid dienone is 4. The lowest BCUT2D eigenvalue weighted by Crippen LogP contribution is -2.30. The first-order chi connectivity index (χ1) is 22.0. The van der Waals surface area contributed by atoms with Crippen LogP contribution in [0.5, 0.6) is 0 Å². The molecule has 2 aromatic rings. The Bertz CT molecular complexity index is 1250. The second-order valence-electron chi connectivity index (χ2n) is 12.8. The van der Waals surface area contributed by atoms with Crippen LogP contribution in [0, 0.1) is 10.8 Å². The number of ether oxygens (including phenoxy) is 4. The first-order valence-electron chi connectivity index (χ1n) is 16.1. The monoisotopic (exact) mass is 632 g/mol. The van der Waals surface area contributed by atoms with E-state index in [1.807, 2.05) is 88.4 Å². The van der Waals surface area contributed by atoms with Crippen LogP contribution < -0.4 is 0 Å². The van der Waals surface area contributed by atoms with E-state index in [1.165, 1.54) is 12.2 Å². The number of carbonyl (C=O) groups excluding carboxylic acids is 4. The SMILES string of the molecule is CC(C)(CCCC(=O)OCCOCc1ccccc1)C1=CC(=O)C(C(C)(C)CCCC(=O)OCCOCc2ccccc2)=CC1=O. The fraction of sp³-hybridized carbons (Fsp3) is 0.474. The molecule has 0 aliphatic heterocycles. The van der Waals surface area contributed by atoms with E-state index in [-0.39, 0.29) is 49.6 Å². The van der Waals surface area contributed by atoms with Gasteiger partial charge in [-0.05, 0) is 59.8 Å². The molecule has 1 aliphatic carbocycles. The van der Waals surface area contributed by atoms with Gasteiger partial charge >= 0.3 is 11.9 Å². The summed E-state index contributed by atoms with van der Waals surface area (Å²) in [7, 11) is 0. The Balaban J connectivity index is 1.34. The van der Waals surface area contributed by atoms with Gasteiger partial charge in [0.25, 0.3) is 0 Å². The van der Waals surface area contributed by atoms with Gasteiger partial charge in [0, 0.05) is 24.0 Å². The van der Waals surface area contributed by atoms with Crippen LogP contribution in [0.2, 0.25) is 0 Å². The zero-order chi connectivity index (χ0) is 33.4. The molecule has 46 heavy (non-hydrogen) atoms. The third kappa shape index (κ3) is 12.5. The van der Waals surface area contributed by atoms with Crippen molar-refractivity contribution in [1.82, 2.24) is 0 Å². The van der Waals surface area contributed by atoms with E-state index >= 15 is 0 Å². The molecule has 1 aliphatic rings. The van der Waals surface area contributed by atoms with Crippen molar-refractivity contribution < 1.29 is 38.1 Å². The van der Waals surface area contributed by atoms with Crippen molar-refractivity contribution in [2.24, 2.45) is 10.8 Å². The second-order valence-corrected chi connectivity index (χ2v) is 12.8. The van der Waals surface area contributed by atoms with Crippen molar-refractivity contribution in [1.29, 1.82) is 0 Å². The van der Waals surface area contributed by atoms with Gasteiger partial charge < -0.3 is 18.9 Å². The van der Waals surface area contributed by atoms with E-state index in [0.29, 0.717) is 63.3 Å². The van der Waals surface area contributed by atoms with Crippen LogP contribution in [0.15, 0.2) is 84.0 Å². The van der Waals surface area contributed by atoms with Gasteiger partial charge in [-0.3, -0.25) is 19.2 Å². The number of hydrogen-bond donors (Lipinski definition) is 0. The molecule has 0 radical (unpaired) electrons. The summed E-state index contributed by atoms with van der Waals surface area (Å²) >= 11 is 0. The number of ketones is 2. The molecule has 3 rings (SSSR count). The van der Waals surface area contributed by atoms with E-state index in [4.69, 9.17) is 18.9 Å². The maximum absolute atomic E-state index is 13.2. The minimum atomic E-state index is -0.591. The summed E-state index contributed by atoms with van der Waals surface area (Å²) in [6, 6.07) is 19.5. The summed E-state index contributed by atoms with van der Waals surface area (Å²) in [5.41, 5.74) is 1.82. The molecule has 0 saturated heterocycles. The second kappa shape index (κ2) is 18.3. The Morgan fingerprint density at radius 1 is 0.565 bits per heavy atom. The largest absolute Gasteiger partial charge is 0.463 e. The molecule has 0 aromatic heterocycles. The third-order valence-electron chi connectivity index (χ3n) is 8.11. The number of carbonyl (C=O) groups is 4. The molecule has 8 nitrogen and oxygen atoms in total. The predicted molar refractivity (Wildman–Crippen MR) is 176 cm³/mol. The van der Waals surface area contributed by atoms with Gasteiger partial charge in [-0.1, -0.05) is 88.4 Å². The third-order valence-corrected chi connectivity index (χ3v) is 8.11. The van der Waals surface area contributed by atoms with Crippen LogP contribution in [0.25, 0.3) is 0 Å². The molecule has 0 fully saturated rings. The zero-order valence-corrected chi connectivity index (χ0v) is 27.7. The van der Waals surface area contributed by atoms with Gasteiger partial charge in [-0.15, -0.1) is 0 Å². The van der Waals surface area contributed by atoms with Gasteiger partial charge in [0.2, 0.25) is 0 Å². The van der Waals surface area contributed by atoms with Crippen LogP contribution in [0.4, 0.5) is 0 Å². The van der Waals surface area contributed by atoms with Crippen molar-refractivity contribution in [2.75, 3.05) is 26.4 Å². The maximum atomic E-state index is 13.2. The lowest BCUT2D eigenvalue weighted by atomic mass is 9.70. The molecule has 0 atom stereocenters. The summed E-state index contributed by atoms with van der Waals surface area (Å²) < 4.78 is 21.6. The van der Waals surface area contributed by atoms with E-state index in [0.717, 1.165) is 11.1 Å². The highest BCUT2D eigenvalue weighted by molar-refractivity contribution is 6.20. The fourth-order valence-corrected chi connectivity index (χ4v) is 5.34. The van der Waals surface area contributed by atoms with E-state index in [1.54, 1.807) is 0 Å². The average Bonchev–Trinajstić information content (AvgIpc) is 3.02. The van der Waals surface area contributed by atoms with Crippen molar-refractivity contribution in [3.05, 3.63) is 95.1 Å². The molecule has 0 N–H and O–H groups in total. The molecule has 0 amide bonds. The Labute approximate surface area is 273 Å². The molecule has 8 heteroatoms. The van der Waals surface area contributed by atoms with Gasteiger partial charge in [-0.2, -0.15) is 0 Å². The summed E-state index contributed by atoms with van der Waals surface area (Å²) in [5.74, 6) is -1.02. The fourth-order valence-electron chi connectivity index (χ4n) is 5.34. The Morgan fingerprint density at radius 3 is 1.30 bits per heavy atom. The minimum Gasteiger partial charge on any atom is -0.463 e. The first kappa shape index (κ1) is 36.6. The van der Waals surface area contributed by atoms with Crippen LogP contribution in [-0.4, -0.2) is 49.9 Å². The molecule has 2 aromatic carbocycles. The van der Waals surface area contributed by atoms with Gasteiger partial charge in [-0.25, -0.2) is 0 Å². The minimum absolute atomic E-state index is 0.182. The standard InChI is InChI=1S/C38H48O8/c1-37(2,19-11-17-35(41)45-23-21-43-27-29-13-7-5-8-14-29)31-25-34(40)32(26-33(31)39)38(3,4)20-12-18-36(42)46-24-22-44-28-30-15-9-6-10-16-30/h5-10,13-16,25-26H,11-12,17-24,27-28H2,1-4H3. The topological polar surface area (TPSA) is 105 Å². The van der Waals surface area contributed by atoms with Crippen LogP contribution in [0.1, 0.15) is 77.3 Å². The van der Waals surface area contributed by atoms with Crippen molar-refractivity contribution >= 4 is 23.5 Å². The molecule has 0 bridgehead atoms. The van der Waals surface area contributed by atoms with Crippen molar-refractivity contribution in [3.63, 3.8) is 0 Å². The molecule has 0 spiro atoms. The lowest BCUT2D eigenvalue weighted by molar-refractivity contribution is -0.146. The van der Waals surface area contributed by atoms with E-state index < -0.39 is 10.8 Å². The molecular weight excluding hydrogens is 584 g/mol. The number of esters is 2. The normalized spacial score (nSPS) is 13.7. The van der Waals surface area contributed by atoms with E-state index in [2.05, 4.69) is 0 Å². The average molecular weight is 633 g/mol. The number of benzene rings is 2. The summed E-state index contributed by atoms with van der Waals surface area (Å²) in [5, 5.41) is 0. The van der Waals surface area contributed by atoms with Crippen molar-refractivity contribution in [2.45, 2.75) is 79.4 Å².